The van der Waals surface area contributed by atoms with E-state index in [1.165, 1.54) is 6.07 Å². The van der Waals surface area contributed by atoms with Crippen molar-refractivity contribution in [2.45, 2.75) is 33.1 Å². The molecular weight excluding hydrogens is 291 g/mol. The van der Waals surface area contributed by atoms with E-state index in [4.69, 9.17) is 0 Å². The van der Waals surface area contributed by atoms with Crippen LogP contribution in [0.4, 0.5) is 10.1 Å². The minimum atomic E-state index is -0.368. The number of hydrogen-bond acceptors (Lipinski definition) is 2. The Hall–Kier alpha value is -1.13. The summed E-state index contributed by atoms with van der Waals surface area (Å²) in [6.45, 7) is 6.00. The van der Waals surface area contributed by atoms with Gasteiger partial charge in [-0.15, -0.1) is 12.4 Å². The van der Waals surface area contributed by atoms with E-state index in [0.717, 1.165) is 31.5 Å². The number of carbonyl (C=O) groups excluding carboxylic acids is 1. The molecule has 21 heavy (non-hydrogen) atoms. The van der Waals surface area contributed by atoms with Gasteiger partial charge in [0.25, 0.3) is 0 Å². The highest BCUT2D eigenvalue weighted by Crippen LogP contribution is 2.25. The van der Waals surface area contributed by atoms with E-state index in [9.17, 15) is 9.18 Å². The quantitative estimate of drug-likeness (QED) is 0.893. The van der Waals surface area contributed by atoms with Crippen molar-refractivity contribution in [2.75, 3.05) is 18.4 Å². The second-order valence-corrected chi connectivity index (χ2v) is 5.80. The first-order chi connectivity index (χ1) is 9.56. The van der Waals surface area contributed by atoms with Crippen LogP contribution in [0.1, 0.15) is 31.7 Å². The number of amides is 1. The number of anilines is 1. The predicted octanol–water partition coefficient (Wildman–Crippen LogP) is 3.52. The minimum absolute atomic E-state index is 0. The summed E-state index contributed by atoms with van der Waals surface area (Å²) in [5.74, 6) is 0.460. The number of aryl methyl sites for hydroxylation is 1. The van der Waals surface area contributed by atoms with Gasteiger partial charge in [0.15, 0.2) is 0 Å². The lowest BCUT2D eigenvalue weighted by Gasteiger charge is -2.27. The fraction of sp³-hybridized carbons (Fsp3) is 0.562. The van der Waals surface area contributed by atoms with Gasteiger partial charge in [-0.25, -0.2) is 4.39 Å². The molecule has 1 unspecified atom stereocenters. The van der Waals surface area contributed by atoms with E-state index in [0.29, 0.717) is 18.3 Å². The maximum Gasteiger partial charge on any atom is 0.224 e. The Bertz CT molecular complexity index is 475. The van der Waals surface area contributed by atoms with Gasteiger partial charge < -0.3 is 10.6 Å². The molecule has 118 valence electrons. The van der Waals surface area contributed by atoms with Crippen LogP contribution in [0.5, 0.6) is 0 Å². The normalized spacial score (nSPS) is 16.9. The number of halogens is 2. The van der Waals surface area contributed by atoms with E-state index in [-0.39, 0.29) is 29.8 Å². The summed E-state index contributed by atoms with van der Waals surface area (Å²) in [6, 6.07) is 4.86. The van der Waals surface area contributed by atoms with E-state index < -0.39 is 0 Å². The van der Waals surface area contributed by atoms with Crippen LogP contribution in [0.15, 0.2) is 18.2 Å². The van der Waals surface area contributed by atoms with Gasteiger partial charge in [-0.05, 0) is 62.4 Å². The highest BCUT2D eigenvalue weighted by Gasteiger charge is 2.22. The van der Waals surface area contributed by atoms with Crippen LogP contribution in [-0.4, -0.2) is 19.0 Å². The Morgan fingerprint density at radius 3 is 2.71 bits per heavy atom. The standard InChI is InChI=1S/C16H23FN2O.ClH/c1-11-3-4-15(14(17)9-11)19-16(20)10-12(2)13-5-7-18-8-6-13;/h3-4,9,12-13,18H,5-8,10H2,1-2H3,(H,19,20);1H. The lowest BCUT2D eigenvalue weighted by molar-refractivity contribution is -0.117. The van der Waals surface area contributed by atoms with E-state index in [2.05, 4.69) is 17.6 Å². The van der Waals surface area contributed by atoms with Gasteiger partial charge >= 0.3 is 0 Å². The zero-order chi connectivity index (χ0) is 14.5. The molecule has 1 saturated heterocycles. The maximum absolute atomic E-state index is 13.7. The van der Waals surface area contributed by atoms with Gasteiger partial charge in [-0.2, -0.15) is 0 Å². The van der Waals surface area contributed by atoms with Crippen molar-refractivity contribution >= 4 is 24.0 Å². The molecule has 0 aromatic heterocycles. The average Bonchev–Trinajstić information content (AvgIpc) is 2.43. The molecule has 0 aliphatic carbocycles. The molecule has 0 saturated carbocycles. The van der Waals surface area contributed by atoms with Gasteiger partial charge in [0.1, 0.15) is 5.82 Å². The van der Waals surface area contributed by atoms with Gasteiger partial charge in [0, 0.05) is 6.42 Å². The van der Waals surface area contributed by atoms with E-state index in [1.807, 2.05) is 6.92 Å². The first-order valence-corrected chi connectivity index (χ1v) is 7.33. The SMILES string of the molecule is Cc1ccc(NC(=O)CC(C)C2CCNCC2)c(F)c1.Cl. The van der Waals surface area contributed by atoms with Crippen molar-refractivity contribution in [1.82, 2.24) is 5.32 Å². The largest absolute Gasteiger partial charge is 0.324 e. The first kappa shape index (κ1) is 17.9. The van der Waals surface area contributed by atoms with E-state index in [1.54, 1.807) is 12.1 Å². The molecular formula is C16H24ClFN2O. The molecule has 1 aliphatic heterocycles. The third kappa shape index (κ3) is 5.29. The fourth-order valence-corrected chi connectivity index (χ4v) is 2.80. The Morgan fingerprint density at radius 1 is 1.43 bits per heavy atom. The molecule has 2 N–H and O–H groups in total. The Morgan fingerprint density at radius 2 is 2.10 bits per heavy atom. The average molecular weight is 315 g/mol. The lowest BCUT2D eigenvalue weighted by Crippen LogP contribution is -2.32. The number of rotatable bonds is 4. The zero-order valence-electron chi connectivity index (χ0n) is 12.6. The van der Waals surface area contributed by atoms with Crippen molar-refractivity contribution in [3.05, 3.63) is 29.6 Å². The highest BCUT2D eigenvalue weighted by molar-refractivity contribution is 5.91. The smallest absolute Gasteiger partial charge is 0.224 e. The highest BCUT2D eigenvalue weighted by atomic mass is 35.5. The summed E-state index contributed by atoms with van der Waals surface area (Å²) in [5, 5.41) is 6.00. The predicted molar refractivity (Wildman–Crippen MR) is 86.4 cm³/mol. The Kier molecular flexibility index (Phi) is 7.12. The molecule has 0 bridgehead atoms. The molecule has 0 radical (unpaired) electrons. The molecule has 1 aromatic rings. The summed E-state index contributed by atoms with van der Waals surface area (Å²) in [4.78, 5) is 12.0. The summed E-state index contributed by atoms with van der Waals surface area (Å²) in [5.41, 5.74) is 1.13. The molecule has 1 aliphatic rings. The van der Waals surface area contributed by atoms with Gasteiger partial charge in [-0.3, -0.25) is 4.79 Å². The summed E-state index contributed by atoms with van der Waals surface area (Å²) >= 11 is 0. The third-order valence-corrected chi connectivity index (χ3v) is 4.09. The second kappa shape index (κ2) is 8.35. The van der Waals surface area contributed by atoms with Crippen LogP contribution >= 0.6 is 12.4 Å². The van der Waals surface area contributed by atoms with Crippen molar-refractivity contribution in [2.24, 2.45) is 11.8 Å². The third-order valence-electron chi connectivity index (χ3n) is 4.09. The molecule has 1 aromatic carbocycles. The van der Waals surface area contributed by atoms with Crippen molar-refractivity contribution in [1.29, 1.82) is 0 Å². The molecule has 1 fully saturated rings. The number of benzene rings is 1. The number of hydrogen-bond donors (Lipinski definition) is 2. The first-order valence-electron chi connectivity index (χ1n) is 7.33. The maximum atomic E-state index is 13.7. The van der Waals surface area contributed by atoms with Gasteiger partial charge in [0.2, 0.25) is 5.91 Å². The molecule has 2 rings (SSSR count). The Balaban J connectivity index is 0.00000220. The van der Waals surface area contributed by atoms with Crippen molar-refractivity contribution in [3.63, 3.8) is 0 Å². The topological polar surface area (TPSA) is 41.1 Å². The number of carbonyl (C=O) groups is 1. The van der Waals surface area contributed by atoms with Crippen LogP contribution in [-0.2, 0) is 4.79 Å². The summed E-state index contributed by atoms with van der Waals surface area (Å²) in [7, 11) is 0. The van der Waals surface area contributed by atoms with E-state index >= 15 is 0 Å². The lowest BCUT2D eigenvalue weighted by atomic mass is 9.84. The Labute approximate surface area is 132 Å². The van der Waals surface area contributed by atoms with Crippen LogP contribution in [0.3, 0.4) is 0 Å². The van der Waals surface area contributed by atoms with Crippen molar-refractivity contribution < 1.29 is 9.18 Å². The summed E-state index contributed by atoms with van der Waals surface area (Å²) < 4.78 is 13.7. The van der Waals surface area contributed by atoms with Gasteiger partial charge in [-0.1, -0.05) is 13.0 Å². The monoisotopic (exact) mass is 314 g/mol. The fourth-order valence-electron chi connectivity index (χ4n) is 2.80. The summed E-state index contributed by atoms with van der Waals surface area (Å²) in [6.07, 6.45) is 2.69. The molecule has 1 heterocycles. The van der Waals surface area contributed by atoms with Crippen LogP contribution in [0, 0.1) is 24.6 Å². The van der Waals surface area contributed by atoms with Crippen LogP contribution in [0.25, 0.3) is 0 Å². The molecule has 1 amide bonds. The molecule has 3 nitrogen and oxygen atoms in total. The minimum Gasteiger partial charge on any atom is -0.324 e. The zero-order valence-corrected chi connectivity index (χ0v) is 13.4. The number of nitrogens with one attached hydrogen (secondary N) is 2. The molecule has 5 heteroatoms. The van der Waals surface area contributed by atoms with Crippen molar-refractivity contribution in [3.8, 4) is 0 Å². The molecule has 1 atom stereocenters. The molecule has 0 spiro atoms. The van der Waals surface area contributed by atoms with Crippen LogP contribution in [0.2, 0.25) is 0 Å². The van der Waals surface area contributed by atoms with Crippen LogP contribution < -0.4 is 10.6 Å². The second-order valence-electron chi connectivity index (χ2n) is 5.80. The van der Waals surface area contributed by atoms with Gasteiger partial charge in [0.05, 0.1) is 5.69 Å². The number of piperidine rings is 1.